The molecule has 1 amide bonds. The van der Waals surface area contributed by atoms with Crippen LogP contribution in [0.15, 0.2) is 83.8 Å². The number of hydrogen-bond donors (Lipinski definition) is 0. The van der Waals surface area contributed by atoms with Crippen LogP contribution >= 0.6 is 11.6 Å². The highest BCUT2D eigenvalue weighted by Crippen LogP contribution is 2.27. The fraction of sp³-hybridized carbons (Fsp3) is 0.185. The van der Waals surface area contributed by atoms with Crippen molar-refractivity contribution in [2.75, 3.05) is 26.2 Å². The van der Waals surface area contributed by atoms with E-state index in [2.05, 4.69) is 4.98 Å². The van der Waals surface area contributed by atoms with Crippen molar-refractivity contribution < 1.29 is 13.2 Å². The lowest BCUT2D eigenvalue weighted by Gasteiger charge is -2.34. The Bertz CT molecular complexity index is 1530. The molecule has 0 spiro atoms. The van der Waals surface area contributed by atoms with E-state index in [9.17, 15) is 13.2 Å². The van der Waals surface area contributed by atoms with Gasteiger partial charge in [-0.15, -0.1) is 0 Å². The SMILES string of the molecule is Cc1cccc(-c2ccccc2C(=O)N2CCN(S(=O)(=O)c3ccc4cc(Cl)ccc4c3)CC2)n1. The van der Waals surface area contributed by atoms with Crippen LogP contribution in [0.3, 0.4) is 0 Å². The van der Waals surface area contributed by atoms with Crippen molar-refractivity contribution in [1.82, 2.24) is 14.2 Å². The molecule has 35 heavy (non-hydrogen) atoms. The largest absolute Gasteiger partial charge is 0.336 e. The average Bonchev–Trinajstić information content (AvgIpc) is 2.88. The van der Waals surface area contributed by atoms with Gasteiger partial charge in [0.1, 0.15) is 0 Å². The fourth-order valence-electron chi connectivity index (χ4n) is 4.39. The zero-order valence-corrected chi connectivity index (χ0v) is 20.8. The Morgan fingerprint density at radius 1 is 0.857 bits per heavy atom. The normalized spacial score (nSPS) is 14.9. The Hall–Kier alpha value is -3.26. The zero-order valence-electron chi connectivity index (χ0n) is 19.2. The van der Waals surface area contributed by atoms with Gasteiger partial charge in [-0.2, -0.15) is 4.31 Å². The van der Waals surface area contributed by atoms with Gasteiger partial charge in [0.25, 0.3) is 5.91 Å². The Labute approximate surface area is 209 Å². The van der Waals surface area contributed by atoms with Crippen LogP contribution in [-0.2, 0) is 10.0 Å². The van der Waals surface area contributed by atoms with Crippen molar-refractivity contribution in [1.29, 1.82) is 0 Å². The molecule has 0 saturated carbocycles. The maximum atomic E-state index is 13.4. The number of aromatic nitrogens is 1. The molecule has 8 heteroatoms. The number of fused-ring (bicyclic) bond motifs is 1. The number of pyridine rings is 1. The molecule has 1 fully saturated rings. The summed E-state index contributed by atoms with van der Waals surface area (Å²) in [6.07, 6.45) is 0. The number of nitrogens with zero attached hydrogens (tertiary/aromatic N) is 3. The molecule has 0 unspecified atom stereocenters. The highest BCUT2D eigenvalue weighted by Gasteiger charge is 2.31. The van der Waals surface area contributed by atoms with Gasteiger partial charge in [0.15, 0.2) is 0 Å². The first kappa shape index (κ1) is 23.5. The topological polar surface area (TPSA) is 70.6 Å². The number of carbonyl (C=O) groups is 1. The van der Waals surface area contributed by atoms with Gasteiger partial charge in [-0.3, -0.25) is 9.78 Å². The molecular weight excluding hydrogens is 482 g/mol. The van der Waals surface area contributed by atoms with Crippen LogP contribution < -0.4 is 0 Å². The van der Waals surface area contributed by atoms with Crippen molar-refractivity contribution >= 4 is 38.3 Å². The highest BCUT2D eigenvalue weighted by atomic mass is 35.5. The Morgan fingerprint density at radius 2 is 1.57 bits per heavy atom. The van der Waals surface area contributed by atoms with E-state index >= 15 is 0 Å². The van der Waals surface area contributed by atoms with Gasteiger partial charge in [0, 0.05) is 48.0 Å². The Balaban J connectivity index is 1.34. The number of halogens is 1. The number of rotatable bonds is 4. The lowest BCUT2D eigenvalue weighted by Crippen LogP contribution is -2.50. The molecule has 1 aliphatic heterocycles. The van der Waals surface area contributed by atoms with E-state index in [-0.39, 0.29) is 23.9 Å². The minimum Gasteiger partial charge on any atom is -0.336 e. The first-order valence-electron chi connectivity index (χ1n) is 11.3. The van der Waals surface area contributed by atoms with Crippen molar-refractivity contribution in [3.63, 3.8) is 0 Å². The van der Waals surface area contributed by atoms with Crippen LogP contribution in [0.4, 0.5) is 0 Å². The van der Waals surface area contributed by atoms with E-state index in [0.29, 0.717) is 23.7 Å². The second-order valence-corrected chi connectivity index (χ2v) is 10.9. The van der Waals surface area contributed by atoms with Gasteiger partial charge in [-0.1, -0.05) is 48.0 Å². The van der Waals surface area contributed by atoms with Gasteiger partial charge < -0.3 is 4.90 Å². The maximum Gasteiger partial charge on any atom is 0.254 e. The number of aryl methyl sites for hydroxylation is 1. The van der Waals surface area contributed by atoms with Crippen molar-refractivity contribution in [2.45, 2.75) is 11.8 Å². The summed E-state index contributed by atoms with van der Waals surface area (Å²) in [4.78, 5) is 19.9. The predicted molar refractivity (Wildman–Crippen MR) is 138 cm³/mol. The molecule has 1 saturated heterocycles. The number of piperazine rings is 1. The molecular formula is C27H24ClN3O3S. The lowest BCUT2D eigenvalue weighted by atomic mass is 10.0. The molecule has 0 atom stereocenters. The summed E-state index contributed by atoms with van der Waals surface area (Å²) in [5.74, 6) is -0.122. The number of sulfonamides is 1. The molecule has 1 aromatic heterocycles. The summed E-state index contributed by atoms with van der Waals surface area (Å²) in [5.41, 5.74) is 2.95. The van der Waals surface area contributed by atoms with Crippen LogP contribution in [0.1, 0.15) is 16.1 Å². The third kappa shape index (κ3) is 4.67. The average molecular weight is 506 g/mol. The fourth-order valence-corrected chi connectivity index (χ4v) is 6.03. The van der Waals surface area contributed by atoms with Crippen LogP contribution in [0, 0.1) is 6.92 Å². The minimum atomic E-state index is -3.68. The maximum absolute atomic E-state index is 13.4. The van der Waals surface area contributed by atoms with E-state index < -0.39 is 10.0 Å². The van der Waals surface area contributed by atoms with Crippen LogP contribution in [0.5, 0.6) is 0 Å². The second-order valence-electron chi connectivity index (χ2n) is 8.56. The monoisotopic (exact) mass is 505 g/mol. The third-order valence-electron chi connectivity index (χ3n) is 6.26. The van der Waals surface area contributed by atoms with Gasteiger partial charge in [-0.05, 0) is 60.2 Å². The molecule has 3 aromatic carbocycles. The number of amides is 1. The molecule has 0 bridgehead atoms. The Kier molecular flexibility index (Phi) is 6.32. The molecule has 0 N–H and O–H groups in total. The van der Waals surface area contributed by atoms with Gasteiger partial charge in [0.05, 0.1) is 10.6 Å². The summed E-state index contributed by atoms with van der Waals surface area (Å²) in [5, 5.41) is 2.30. The van der Waals surface area contributed by atoms with E-state index in [1.54, 1.807) is 35.2 Å². The van der Waals surface area contributed by atoms with Crippen molar-refractivity contribution in [3.05, 3.63) is 95.1 Å². The predicted octanol–water partition coefficient (Wildman–Crippen LogP) is 5.01. The summed E-state index contributed by atoms with van der Waals surface area (Å²) < 4.78 is 28.1. The summed E-state index contributed by atoms with van der Waals surface area (Å²) >= 11 is 6.04. The first-order chi connectivity index (χ1) is 16.8. The van der Waals surface area contributed by atoms with Crippen molar-refractivity contribution in [3.8, 4) is 11.3 Å². The number of hydrogen-bond acceptors (Lipinski definition) is 4. The standard InChI is InChI=1S/C27H24ClN3O3S/c1-19-5-4-8-26(29-19)24-6-2-3-7-25(24)27(32)30-13-15-31(16-14-30)35(33,34)23-12-10-20-17-22(28)11-9-21(20)18-23/h2-12,17-18H,13-16H2,1H3. The van der Waals surface area contributed by atoms with E-state index in [1.165, 1.54) is 4.31 Å². The van der Waals surface area contributed by atoms with Crippen molar-refractivity contribution in [2.24, 2.45) is 0 Å². The van der Waals surface area contributed by atoms with E-state index in [4.69, 9.17) is 11.6 Å². The van der Waals surface area contributed by atoms with Gasteiger partial charge in [-0.25, -0.2) is 8.42 Å². The molecule has 1 aliphatic rings. The molecule has 4 aromatic rings. The van der Waals surface area contributed by atoms with E-state index in [0.717, 1.165) is 27.7 Å². The number of carbonyl (C=O) groups excluding carboxylic acids is 1. The quantitative estimate of drug-likeness (QED) is 0.391. The van der Waals surface area contributed by atoms with Gasteiger partial charge in [0.2, 0.25) is 10.0 Å². The number of benzene rings is 3. The molecule has 178 valence electrons. The molecule has 2 heterocycles. The highest BCUT2D eigenvalue weighted by molar-refractivity contribution is 7.89. The molecule has 6 nitrogen and oxygen atoms in total. The van der Waals surface area contributed by atoms with Crippen LogP contribution in [0.25, 0.3) is 22.0 Å². The lowest BCUT2D eigenvalue weighted by molar-refractivity contribution is 0.0698. The Morgan fingerprint density at radius 3 is 2.34 bits per heavy atom. The molecule has 0 aliphatic carbocycles. The molecule has 0 radical (unpaired) electrons. The minimum absolute atomic E-state index is 0.122. The van der Waals surface area contributed by atoms with Crippen LogP contribution in [-0.4, -0.2) is 54.7 Å². The first-order valence-corrected chi connectivity index (χ1v) is 13.2. The van der Waals surface area contributed by atoms with E-state index in [1.807, 2.05) is 55.5 Å². The van der Waals surface area contributed by atoms with Crippen LogP contribution in [0.2, 0.25) is 5.02 Å². The second kappa shape index (κ2) is 9.41. The summed E-state index contributed by atoms with van der Waals surface area (Å²) in [7, 11) is -3.68. The molecule has 5 rings (SSSR count). The summed E-state index contributed by atoms with van der Waals surface area (Å²) in [6.45, 7) is 3.02. The third-order valence-corrected chi connectivity index (χ3v) is 8.39. The summed E-state index contributed by atoms with van der Waals surface area (Å²) in [6, 6.07) is 23.5. The zero-order chi connectivity index (χ0) is 24.6. The smallest absolute Gasteiger partial charge is 0.254 e. The van der Waals surface area contributed by atoms with Gasteiger partial charge >= 0.3 is 0 Å².